The minimum absolute atomic E-state index is 0.00828. The summed E-state index contributed by atoms with van der Waals surface area (Å²) >= 11 is 0. The third-order valence-corrected chi connectivity index (χ3v) is 2.98. The van der Waals surface area contributed by atoms with Crippen LogP contribution in [0.15, 0.2) is 0 Å². The average Bonchev–Trinajstić information content (AvgIpc) is 2.38. The molecule has 0 aromatic heterocycles. The summed E-state index contributed by atoms with van der Waals surface area (Å²) < 4.78 is 0. The number of carbonyl (C=O) groups is 3. The number of carbonyl (C=O) groups excluding carboxylic acids is 2. The molecule has 0 bridgehead atoms. The summed E-state index contributed by atoms with van der Waals surface area (Å²) in [5.41, 5.74) is 4.99. The molecule has 0 rings (SSSR count). The van der Waals surface area contributed by atoms with Crippen molar-refractivity contribution in [1.82, 2.24) is 15.1 Å². The maximum atomic E-state index is 12.0. The molecule has 0 aliphatic carbocycles. The van der Waals surface area contributed by atoms with Crippen LogP contribution >= 0.6 is 0 Å². The zero-order valence-electron chi connectivity index (χ0n) is 13.0. The molecule has 0 saturated carbocycles. The van der Waals surface area contributed by atoms with Gasteiger partial charge in [-0.15, -0.1) is 0 Å². The van der Waals surface area contributed by atoms with Crippen molar-refractivity contribution >= 4 is 17.9 Å². The molecule has 21 heavy (non-hydrogen) atoms. The number of nitrogens with zero attached hydrogens (tertiary/aromatic N) is 2. The van der Waals surface area contributed by atoms with E-state index in [1.807, 2.05) is 25.9 Å². The first-order chi connectivity index (χ1) is 9.77. The molecule has 0 saturated heterocycles. The Balaban J connectivity index is 4.41. The van der Waals surface area contributed by atoms with Gasteiger partial charge in [0, 0.05) is 19.5 Å². The van der Waals surface area contributed by atoms with Crippen LogP contribution < -0.4 is 11.1 Å². The van der Waals surface area contributed by atoms with Crippen molar-refractivity contribution < 1.29 is 19.5 Å². The van der Waals surface area contributed by atoms with Crippen molar-refractivity contribution in [3.8, 4) is 0 Å². The lowest BCUT2D eigenvalue weighted by atomic mass is 10.1. The number of hydrogen-bond donors (Lipinski definition) is 3. The first-order valence-electron chi connectivity index (χ1n) is 6.99. The number of amides is 3. The van der Waals surface area contributed by atoms with Crippen LogP contribution in [0.2, 0.25) is 0 Å². The fraction of sp³-hybridized carbons (Fsp3) is 0.769. The monoisotopic (exact) mass is 302 g/mol. The molecule has 8 nitrogen and oxygen atoms in total. The van der Waals surface area contributed by atoms with Gasteiger partial charge in [0.2, 0.25) is 5.91 Å². The molecule has 0 radical (unpaired) electrons. The second-order valence-corrected chi connectivity index (χ2v) is 5.08. The summed E-state index contributed by atoms with van der Waals surface area (Å²) in [7, 11) is 3.89. The highest BCUT2D eigenvalue weighted by molar-refractivity contribution is 5.83. The molecule has 0 aliphatic rings. The molecule has 0 heterocycles. The second-order valence-electron chi connectivity index (χ2n) is 5.08. The zero-order valence-corrected chi connectivity index (χ0v) is 13.0. The molecule has 0 aromatic rings. The van der Waals surface area contributed by atoms with Gasteiger partial charge in [0.25, 0.3) is 0 Å². The highest BCUT2D eigenvalue weighted by atomic mass is 16.4. The van der Waals surface area contributed by atoms with E-state index in [0.717, 1.165) is 13.0 Å². The number of hydrogen-bond acceptors (Lipinski definition) is 4. The third-order valence-electron chi connectivity index (χ3n) is 2.98. The van der Waals surface area contributed by atoms with Gasteiger partial charge in [-0.05, 0) is 40.4 Å². The summed E-state index contributed by atoms with van der Waals surface area (Å²) in [5, 5.41) is 11.5. The van der Waals surface area contributed by atoms with Gasteiger partial charge in [-0.1, -0.05) is 0 Å². The third kappa shape index (κ3) is 8.85. The van der Waals surface area contributed by atoms with Crippen molar-refractivity contribution in [3.05, 3.63) is 0 Å². The summed E-state index contributed by atoms with van der Waals surface area (Å²) in [4.78, 5) is 37.4. The van der Waals surface area contributed by atoms with Crippen LogP contribution in [0.25, 0.3) is 0 Å². The van der Waals surface area contributed by atoms with Gasteiger partial charge in [-0.3, -0.25) is 4.79 Å². The number of nitrogens with two attached hydrogens (primary N) is 1. The van der Waals surface area contributed by atoms with E-state index in [9.17, 15) is 14.4 Å². The van der Waals surface area contributed by atoms with Gasteiger partial charge in [0.1, 0.15) is 6.04 Å². The van der Waals surface area contributed by atoms with Crippen molar-refractivity contribution in [2.24, 2.45) is 5.73 Å². The quantitative estimate of drug-likeness (QED) is 0.512. The Labute approximate surface area is 125 Å². The van der Waals surface area contributed by atoms with E-state index in [4.69, 9.17) is 10.8 Å². The molecular weight excluding hydrogens is 276 g/mol. The van der Waals surface area contributed by atoms with E-state index >= 15 is 0 Å². The van der Waals surface area contributed by atoms with Gasteiger partial charge in [0.15, 0.2) is 0 Å². The van der Waals surface area contributed by atoms with E-state index in [0.29, 0.717) is 13.1 Å². The highest BCUT2D eigenvalue weighted by Crippen LogP contribution is 2.01. The van der Waals surface area contributed by atoms with Gasteiger partial charge in [-0.25, -0.2) is 9.59 Å². The van der Waals surface area contributed by atoms with Gasteiger partial charge in [0.05, 0.1) is 0 Å². The van der Waals surface area contributed by atoms with E-state index in [2.05, 4.69) is 5.32 Å². The summed E-state index contributed by atoms with van der Waals surface area (Å²) in [6.07, 6.45) is 0.711. The van der Waals surface area contributed by atoms with E-state index in [-0.39, 0.29) is 12.8 Å². The molecule has 122 valence electrons. The molecule has 0 aromatic carbocycles. The van der Waals surface area contributed by atoms with Crippen molar-refractivity contribution in [2.45, 2.75) is 32.2 Å². The molecule has 1 unspecified atom stereocenters. The van der Waals surface area contributed by atoms with E-state index in [1.54, 1.807) is 4.90 Å². The first-order valence-corrected chi connectivity index (χ1v) is 6.99. The lowest BCUT2D eigenvalue weighted by Gasteiger charge is -2.24. The smallest absolute Gasteiger partial charge is 0.326 e. The zero-order chi connectivity index (χ0) is 16.4. The van der Waals surface area contributed by atoms with Crippen LogP contribution in [0.1, 0.15) is 26.2 Å². The Kier molecular flexibility index (Phi) is 9.11. The van der Waals surface area contributed by atoms with Crippen molar-refractivity contribution in [2.75, 3.05) is 33.7 Å². The topological polar surface area (TPSA) is 116 Å². The second kappa shape index (κ2) is 9.98. The van der Waals surface area contributed by atoms with Crippen molar-refractivity contribution in [1.29, 1.82) is 0 Å². The number of nitrogens with one attached hydrogen (secondary N) is 1. The number of aliphatic carboxylic acids is 1. The average molecular weight is 302 g/mol. The number of rotatable bonds is 10. The SMILES string of the molecule is CCN(CCCN(C)C)C(=O)NC(CCC(N)=O)C(=O)O. The van der Waals surface area contributed by atoms with Gasteiger partial charge in [-0.2, -0.15) is 0 Å². The predicted octanol–water partition coefficient (Wildman–Crippen LogP) is -0.312. The van der Waals surface area contributed by atoms with Gasteiger partial charge >= 0.3 is 12.0 Å². The predicted molar refractivity (Wildman–Crippen MR) is 78.8 cm³/mol. The Morgan fingerprint density at radius 1 is 1.24 bits per heavy atom. The fourth-order valence-corrected chi connectivity index (χ4v) is 1.77. The van der Waals surface area contributed by atoms with E-state index in [1.165, 1.54) is 0 Å². The lowest BCUT2D eigenvalue weighted by molar-refractivity contribution is -0.139. The standard InChI is InChI=1S/C13H26N4O4/c1-4-17(9-5-8-16(2)3)13(21)15-10(12(19)20)6-7-11(14)18/h10H,4-9H2,1-3H3,(H2,14,18)(H,15,21)(H,19,20). The molecule has 1 atom stereocenters. The Morgan fingerprint density at radius 2 is 1.86 bits per heavy atom. The Morgan fingerprint density at radius 3 is 2.29 bits per heavy atom. The van der Waals surface area contributed by atoms with Crippen LogP contribution in [-0.2, 0) is 9.59 Å². The minimum Gasteiger partial charge on any atom is -0.480 e. The lowest BCUT2D eigenvalue weighted by Crippen LogP contribution is -2.48. The molecule has 4 N–H and O–H groups in total. The summed E-state index contributed by atoms with van der Waals surface area (Å²) in [5.74, 6) is -1.76. The Bertz CT molecular complexity index is 360. The van der Waals surface area contributed by atoms with Crippen LogP contribution in [0.4, 0.5) is 4.79 Å². The minimum atomic E-state index is -1.17. The number of primary amides is 1. The van der Waals surface area contributed by atoms with Crippen LogP contribution in [-0.4, -0.2) is 72.6 Å². The molecule has 0 spiro atoms. The summed E-state index contributed by atoms with van der Waals surface area (Å²) in [6, 6.07) is -1.54. The molecular formula is C13H26N4O4. The number of urea groups is 1. The van der Waals surface area contributed by atoms with Crippen LogP contribution in [0.5, 0.6) is 0 Å². The number of carboxylic acid groups (broad SMARTS) is 1. The van der Waals surface area contributed by atoms with Crippen molar-refractivity contribution in [3.63, 3.8) is 0 Å². The molecule has 3 amide bonds. The highest BCUT2D eigenvalue weighted by Gasteiger charge is 2.22. The van der Waals surface area contributed by atoms with Crippen LogP contribution in [0.3, 0.4) is 0 Å². The molecule has 0 fully saturated rings. The number of carboxylic acids is 1. The molecule has 0 aliphatic heterocycles. The van der Waals surface area contributed by atoms with Crippen LogP contribution in [0, 0.1) is 0 Å². The summed E-state index contributed by atoms with van der Waals surface area (Å²) in [6.45, 7) is 3.70. The largest absolute Gasteiger partial charge is 0.480 e. The maximum Gasteiger partial charge on any atom is 0.326 e. The first kappa shape index (κ1) is 19.2. The fourth-order valence-electron chi connectivity index (χ4n) is 1.77. The van der Waals surface area contributed by atoms with Gasteiger partial charge < -0.3 is 26.0 Å². The van der Waals surface area contributed by atoms with E-state index < -0.39 is 23.9 Å². The normalized spacial score (nSPS) is 12.0. The molecule has 8 heteroatoms. The Hall–Kier alpha value is -1.83. The maximum absolute atomic E-state index is 12.0.